The lowest BCUT2D eigenvalue weighted by atomic mass is 9.61. The van der Waals surface area contributed by atoms with Crippen LogP contribution in [0.1, 0.15) is 107 Å². The van der Waals surface area contributed by atoms with E-state index < -0.39 is 0 Å². The Kier molecular flexibility index (Phi) is 7.02. The number of benzene rings is 6. The van der Waals surface area contributed by atoms with Crippen LogP contribution in [0.25, 0.3) is 33.4 Å². The van der Waals surface area contributed by atoms with Gasteiger partial charge in [0.15, 0.2) is 0 Å². The van der Waals surface area contributed by atoms with Crippen molar-refractivity contribution >= 4 is 17.1 Å². The molecule has 0 atom stereocenters. The predicted octanol–water partition coefficient (Wildman–Crippen LogP) is 14.1. The first-order chi connectivity index (χ1) is 24.7. The van der Waals surface area contributed by atoms with Gasteiger partial charge in [0.05, 0.1) is 5.69 Å². The summed E-state index contributed by atoms with van der Waals surface area (Å²) in [5.74, 6) is 0. The summed E-state index contributed by atoms with van der Waals surface area (Å²) in [5, 5.41) is 0. The van der Waals surface area contributed by atoms with Crippen LogP contribution in [0.3, 0.4) is 0 Å². The van der Waals surface area contributed by atoms with Crippen LogP contribution in [-0.2, 0) is 21.7 Å². The summed E-state index contributed by atoms with van der Waals surface area (Å²) in [6.45, 7) is 21.8. The van der Waals surface area contributed by atoms with Crippen LogP contribution in [0, 0.1) is 6.92 Å². The van der Waals surface area contributed by atoms with E-state index >= 15 is 0 Å². The highest BCUT2D eigenvalue weighted by Gasteiger charge is 2.41. The van der Waals surface area contributed by atoms with Crippen LogP contribution in [0.15, 0.2) is 121 Å². The largest absolute Gasteiger partial charge is 0.310 e. The smallest absolute Gasteiger partial charge is 0.0543 e. The molecule has 0 spiro atoms. The third kappa shape index (κ3) is 4.60. The van der Waals surface area contributed by atoms with Crippen LogP contribution in [0.2, 0.25) is 0 Å². The van der Waals surface area contributed by atoms with Crippen molar-refractivity contribution in [3.63, 3.8) is 0 Å². The Bertz CT molecular complexity index is 2420. The third-order valence-electron chi connectivity index (χ3n) is 13.3. The summed E-state index contributed by atoms with van der Waals surface area (Å²) in [7, 11) is 0. The van der Waals surface area contributed by atoms with Gasteiger partial charge in [0.2, 0.25) is 0 Å². The first-order valence-electron chi connectivity index (χ1n) is 19.2. The lowest BCUT2D eigenvalue weighted by Gasteiger charge is -2.43. The van der Waals surface area contributed by atoms with Crippen molar-refractivity contribution in [2.75, 3.05) is 4.90 Å². The quantitative estimate of drug-likeness (QED) is 0.179. The van der Waals surface area contributed by atoms with Crippen molar-refractivity contribution in [3.8, 4) is 33.4 Å². The minimum Gasteiger partial charge on any atom is -0.310 e. The molecule has 0 bridgehead atoms. The van der Waals surface area contributed by atoms with Gasteiger partial charge in [-0.25, -0.2) is 0 Å². The lowest BCUT2D eigenvalue weighted by molar-refractivity contribution is 0.330. The van der Waals surface area contributed by atoms with Crippen molar-refractivity contribution < 1.29 is 0 Å². The van der Waals surface area contributed by atoms with E-state index in [4.69, 9.17) is 0 Å². The van der Waals surface area contributed by atoms with Crippen LogP contribution in [0.5, 0.6) is 0 Å². The monoisotopic (exact) mass is 677 g/mol. The second-order valence-corrected chi connectivity index (χ2v) is 18.1. The fraction of sp³-hybridized carbons (Fsp3) is 0.294. The Morgan fingerprint density at radius 1 is 0.404 bits per heavy atom. The molecule has 52 heavy (non-hydrogen) atoms. The van der Waals surface area contributed by atoms with Crippen molar-refractivity contribution in [1.82, 2.24) is 0 Å². The zero-order valence-electron chi connectivity index (χ0n) is 32.4. The van der Waals surface area contributed by atoms with E-state index in [1.54, 1.807) is 0 Å². The Labute approximate surface area is 311 Å². The second kappa shape index (κ2) is 11.1. The maximum atomic E-state index is 2.54. The van der Waals surface area contributed by atoms with E-state index in [2.05, 4.69) is 189 Å². The number of hydrogen-bond donors (Lipinski definition) is 0. The Hall–Kier alpha value is -4.88. The molecule has 0 radical (unpaired) electrons. The number of fused-ring (bicyclic) bond motifs is 7. The molecule has 0 saturated carbocycles. The van der Waals surface area contributed by atoms with E-state index in [-0.39, 0.29) is 21.7 Å². The molecule has 1 nitrogen and oxygen atoms in total. The van der Waals surface area contributed by atoms with Crippen LogP contribution in [0.4, 0.5) is 17.1 Å². The number of anilines is 3. The molecule has 0 fully saturated rings. The highest BCUT2D eigenvalue weighted by molar-refractivity contribution is 5.96. The molecule has 6 aromatic carbocycles. The molecule has 0 N–H and O–H groups in total. The number of para-hydroxylation sites is 1. The predicted molar refractivity (Wildman–Crippen MR) is 222 cm³/mol. The van der Waals surface area contributed by atoms with Crippen LogP contribution < -0.4 is 4.90 Å². The summed E-state index contributed by atoms with van der Waals surface area (Å²) in [6, 6.07) is 46.2. The van der Waals surface area contributed by atoms with Gasteiger partial charge < -0.3 is 4.90 Å². The number of nitrogens with zero attached hydrogens (tertiary/aromatic N) is 1. The van der Waals surface area contributed by atoms with E-state index in [0.717, 1.165) is 0 Å². The number of rotatable bonds is 4. The molecule has 0 amide bonds. The van der Waals surface area contributed by atoms with Crippen LogP contribution in [-0.4, -0.2) is 0 Å². The molecule has 0 aliphatic heterocycles. The van der Waals surface area contributed by atoms with Crippen molar-refractivity contribution in [3.05, 3.63) is 160 Å². The topological polar surface area (TPSA) is 3.24 Å². The Morgan fingerprint density at radius 3 is 1.62 bits per heavy atom. The molecule has 9 rings (SSSR count). The van der Waals surface area contributed by atoms with E-state index in [0.29, 0.717) is 0 Å². The fourth-order valence-corrected chi connectivity index (χ4v) is 10.3. The fourth-order valence-electron chi connectivity index (χ4n) is 10.3. The summed E-state index contributed by atoms with van der Waals surface area (Å²) in [4.78, 5) is 2.54. The summed E-state index contributed by atoms with van der Waals surface area (Å²) in [5.41, 5.74) is 21.7. The van der Waals surface area contributed by atoms with Gasteiger partial charge in [-0.15, -0.1) is 0 Å². The average molecular weight is 678 g/mol. The molecular formula is C51H51N. The summed E-state index contributed by atoms with van der Waals surface area (Å²) < 4.78 is 0. The molecular weight excluding hydrogens is 627 g/mol. The SMILES string of the molecule is Cc1c(-c2cc3c(cc2N(c2ccccc2)c2ccc4c(c2)C(C)(C)c2ccccc2-4)C(C)(C)c2ccccc2-3)ccc2c1C(C)(C)CCC2(C)C. The van der Waals surface area contributed by atoms with Gasteiger partial charge in [-0.05, 0) is 134 Å². The first kappa shape index (κ1) is 33.0. The van der Waals surface area contributed by atoms with Gasteiger partial charge in [0.1, 0.15) is 0 Å². The lowest BCUT2D eigenvalue weighted by Crippen LogP contribution is -2.34. The van der Waals surface area contributed by atoms with E-state index in [9.17, 15) is 0 Å². The second-order valence-electron chi connectivity index (χ2n) is 18.1. The third-order valence-corrected chi connectivity index (χ3v) is 13.3. The van der Waals surface area contributed by atoms with Gasteiger partial charge in [-0.1, -0.05) is 140 Å². The Balaban J connectivity index is 1.35. The zero-order valence-corrected chi connectivity index (χ0v) is 32.4. The van der Waals surface area contributed by atoms with Gasteiger partial charge >= 0.3 is 0 Å². The highest BCUT2D eigenvalue weighted by Crippen LogP contribution is 2.56. The highest BCUT2D eigenvalue weighted by atomic mass is 15.1. The molecule has 260 valence electrons. The standard InChI is InChI=1S/C51H51N/c1-32-35(25-26-43-47(32)49(4,5)28-27-48(43,2)3)40-30-39-37-20-14-16-22-42(37)51(8,9)45(39)31-46(40)52(33-17-11-10-12-18-33)34-23-24-38-36-19-13-15-21-41(36)50(6,7)44(38)29-34/h10-26,29-31H,27-28H2,1-9H3. The number of hydrogen-bond acceptors (Lipinski definition) is 1. The van der Waals surface area contributed by atoms with E-state index in [1.807, 2.05) is 0 Å². The van der Waals surface area contributed by atoms with Gasteiger partial charge in [0.25, 0.3) is 0 Å². The molecule has 0 saturated heterocycles. The molecule has 0 aromatic heterocycles. The van der Waals surface area contributed by atoms with Crippen molar-refractivity contribution in [2.45, 2.75) is 96.8 Å². The molecule has 0 heterocycles. The van der Waals surface area contributed by atoms with Gasteiger partial charge in [-0.2, -0.15) is 0 Å². The average Bonchev–Trinajstić information content (AvgIpc) is 3.49. The Morgan fingerprint density at radius 2 is 0.942 bits per heavy atom. The molecule has 1 heteroatoms. The van der Waals surface area contributed by atoms with Crippen molar-refractivity contribution in [2.24, 2.45) is 0 Å². The maximum Gasteiger partial charge on any atom is 0.0543 e. The van der Waals surface area contributed by atoms with Crippen molar-refractivity contribution in [1.29, 1.82) is 0 Å². The summed E-state index contributed by atoms with van der Waals surface area (Å²) >= 11 is 0. The minimum atomic E-state index is -0.125. The van der Waals surface area contributed by atoms with E-state index in [1.165, 1.54) is 102 Å². The minimum absolute atomic E-state index is 0.0951. The molecule has 0 unspecified atom stereocenters. The summed E-state index contributed by atoms with van der Waals surface area (Å²) in [6.07, 6.45) is 2.40. The normalized spacial score (nSPS) is 17.8. The zero-order chi connectivity index (χ0) is 36.4. The van der Waals surface area contributed by atoms with Gasteiger partial charge in [0, 0.05) is 27.8 Å². The molecule has 3 aliphatic carbocycles. The first-order valence-corrected chi connectivity index (χ1v) is 19.2. The van der Waals surface area contributed by atoms with Crippen LogP contribution >= 0.6 is 0 Å². The molecule has 6 aromatic rings. The molecule has 3 aliphatic rings. The van der Waals surface area contributed by atoms with Gasteiger partial charge in [-0.3, -0.25) is 0 Å². The maximum absolute atomic E-state index is 2.54.